The first-order valence-electron chi connectivity index (χ1n) is 2.19. The lowest BCUT2D eigenvalue weighted by molar-refractivity contribution is 0.588. The molecule has 10 heavy (non-hydrogen) atoms. The molecule has 0 radical (unpaired) electrons. The third kappa shape index (κ3) is 3.12. The van der Waals surface area contributed by atoms with E-state index in [1.165, 1.54) is 0 Å². The molecule has 0 fully saturated rings. The second-order valence-corrected chi connectivity index (χ2v) is 3.74. The molecule has 0 aromatic heterocycles. The molecule has 0 aliphatic rings. The quantitative estimate of drug-likeness (QED) is 0.631. The third-order valence-corrected chi connectivity index (χ3v) is 2.70. The maximum atomic E-state index is 12.4. The van der Waals surface area contributed by atoms with Crippen molar-refractivity contribution in [3.63, 3.8) is 0 Å². The number of rotatable bonds is 1. The SMILES string of the molecule is CC(Br)=C(Br)C(F)=C(F)Cl. The second-order valence-electron chi connectivity index (χ2n) is 1.42. The van der Waals surface area contributed by atoms with Crippen LogP contribution < -0.4 is 0 Å². The van der Waals surface area contributed by atoms with E-state index in [2.05, 4.69) is 31.9 Å². The lowest BCUT2D eigenvalue weighted by Crippen LogP contribution is -1.76. The van der Waals surface area contributed by atoms with Crippen LogP contribution in [0.15, 0.2) is 20.1 Å². The minimum Gasteiger partial charge on any atom is -0.201 e. The van der Waals surface area contributed by atoms with Crippen molar-refractivity contribution >= 4 is 43.5 Å². The van der Waals surface area contributed by atoms with Gasteiger partial charge in [0.2, 0.25) is 5.29 Å². The van der Waals surface area contributed by atoms with Crippen molar-refractivity contribution < 1.29 is 8.78 Å². The first-order chi connectivity index (χ1) is 4.46. The predicted molar refractivity (Wildman–Crippen MR) is 45.6 cm³/mol. The zero-order valence-corrected chi connectivity index (χ0v) is 8.82. The van der Waals surface area contributed by atoms with Crippen LogP contribution in [0.3, 0.4) is 0 Å². The smallest absolute Gasteiger partial charge is 0.201 e. The number of hydrogen-bond donors (Lipinski definition) is 0. The topological polar surface area (TPSA) is 0 Å². The number of allylic oxidation sites excluding steroid dienone is 3. The van der Waals surface area contributed by atoms with Gasteiger partial charge in [-0.15, -0.1) is 0 Å². The molecule has 0 rings (SSSR count). The summed E-state index contributed by atoms with van der Waals surface area (Å²) >= 11 is 10.4. The molecule has 0 spiro atoms. The van der Waals surface area contributed by atoms with E-state index in [4.69, 9.17) is 11.6 Å². The van der Waals surface area contributed by atoms with E-state index in [0.717, 1.165) is 0 Å². The van der Waals surface area contributed by atoms with Crippen molar-refractivity contribution in [2.45, 2.75) is 6.92 Å². The molecule has 5 heteroatoms. The molecule has 0 saturated heterocycles. The fourth-order valence-corrected chi connectivity index (χ4v) is 0.791. The Hall–Kier alpha value is 0.590. The van der Waals surface area contributed by atoms with Crippen molar-refractivity contribution in [2.24, 2.45) is 0 Å². The summed E-state index contributed by atoms with van der Waals surface area (Å²) in [6, 6.07) is 0. The largest absolute Gasteiger partial charge is 0.226 e. The summed E-state index contributed by atoms with van der Waals surface area (Å²) < 4.78 is 24.7. The van der Waals surface area contributed by atoms with E-state index >= 15 is 0 Å². The van der Waals surface area contributed by atoms with Crippen molar-refractivity contribution in [1.29, 1.82) is 0 Å². The van der Waals surface area contributed by atoms with Crippen LogP contribution in [-0.2, 0) is 0 Å². The molecule has 0 aromatic rings. The normalized spacial score (nSPS) is 16.2. The van der Waals surface area contributed by atoms with Gasteiger partial charge in [0.1, 0.15) is 0 Å². The maximum absolute atomic E-state index is 12.4. The molecular formula is C5H3Br2ClF2. The van der Waals surface area contributed by atoms with Gasteiger partial charge in [0, 0.05) is 4.48 Å². The van der Waals surface area contributed by atoms with E-state index in [-0.39, 0.29) is 4.48 Å². The molecule has 0 N–H and O–H groups in total. The Bertz CT molecular complexity index is 168. The highest BCUT2D eigenvalue weighted by atomic mass is 79.9. The summed E-state index contributed by atoms with van der Waals surface area (Å²) in [5.74, 6) is -1.10. The van der Waals surface area contributed by atoms with Gasteiger partial charge in [0.25, 0.3) is 0 Å². The average Bonchev–Trinajstić information content (AvgIpc) is 1.84. The van der Waals surface area contributed by atoms with E-state index in [1.807, 2.05) is 0 Å². The third-order valence-electron chi connectivity index (χ3n) is 0.661. The predicted octanol–water partition coefficient (Wildman–Crippen LogP) is 4.35. The summed E-state index contributed by atoms with van der Waals surface area (Å²) in [6.45, 7) is 1.56. The molecule has 0 bridgehead atoms. The van der Waals surface area contributed by atoms with Gasteiger partial charge >= 0.3 is 0 Å². The van der Waals surface area contributed by atoms with Gasteiger partial charge in [-0.05, 0) is 34.5 Å². The molecular weight excluding hydrogens is 293 g/mol. The van der Waals surface area contributed by atoms with Crippen LogP contribution in [0.5, 0.6) is 0 Å². The highest BCUT2D eigenvalue weighted by Crippen LogP contribution is 2.29. The van der Waals surface area contributed by atoms with Gasteiger partial charge in [0.15, 0.2) is 5.83 Å². The van der Waals surface area contributed by atoms with Crippen molar-refractivity contribution in [2.75, 3.05) is 0 Å². The molecule has 0 aliphatic carbocycles. The standard InChI is InChI=1S/C5H3Br2ClF2/c1-2(6)3(7)4(9)5(8)10/h1H3. The van der Waals surface area contributed by atoms with Crippen LogP contribution in [0.1, 0.15) is 6.92 Å². The summed E-state index contributed by atoms with van der Waals surface area (Å²) in [6.07, 6.45) is 0. The van der Waals surface area contributed by atoms with Crippen LogP contribution in [0.2, 0.25) is 0 Å². The first kappa shape index (κ1) is 10.6. The van der Waals surface area contributed by atoms with Crippen LogP contribution in [0.4, 0.5) is 8.78 Å². The summed E-state index contributed by atoms with van der Waals surface area (Å²) in [4.78, 5) is 0. The van der Waals surface area contributed by atoms with Crippen molar-refractivity contribution in [3.8, 4) is 0 Å². The van der Waals surface area contributed by atoms with Crippen LogP contribution >= 0.6 is 43.5 Å². The van der Waals surface area contributed by atoms with Crippen LogP contribution in [0, 0.1) is 0 Å². The summed E-state index contributed by atoms with van der Waals surface area (Å²) in [5, 5.41) is -1.36. The van der Waals surface area contributed by atoms with Gasteiger partial charge < -0.3 is 0 Å². The van der Waals surface area contributed by atoms with Crippen LogP contribution in [-0.4, -0.2) is 0 Å². The maximum Gasteiger partial charge on any atom is 0.226 e. The molecule has 0 amide bonds. The molecule has 0 atom stereocenters. The molecule has 0 heterocycles. The molecule has 0 nitrogen and oxygen atoms in total. The van der Waals surface area contributed by atoms with Gasteiger partial charge in [-0.1, -0.05) is 15.9 Å². The molecule has 0 aliphatic heterocycles. The fourth-order valence-electron chi connectivity index (χ4n) is 0.234. The monoisotopic (exact) mass is 294 g/mol. The molecule has 0 unspecified atom stereocenters. The Morgan fingerprint density at radius 1 is 1.30 bits per heavy atom. The highest BCUT2D eigenvalue weighted by Gasteiger charge is 2.08. The zero-order chi connectivity index (χ0) is 8.31. The minimum absolute atomic E-state index is 0.0139. The summed E-state index contributed by atoms with van der Waals surface area (Å²) in [7, 11) is 0. The Morgan fingerprint density at radius 3 is 1.80 bits per heavy atom. The Kier molecular flexibility index (Phi) is 4.73. The Labute approximate surface area is 79.2 Å². The van der Waals surface area contributed by atoms with E-state index < -0.39 is 11.1 Å². The minimum atomic E-state index is -1.36. The molecule has 58 valence electrons. The van der Waals surface area contributed by atoms with Crippen molar-refractivity contribution in [1.82, 2.24) is 0 Å². The zero-order valence-electron chi connectivity index (χ0n) is 4.89. The highest BCUT2D eigenvalue weighted by molar-refractivity contribution is 9.14. The Balaban J connectivity index is 4.71. The van der Waals surface area contributed by atoms with Gasteiger partial charge in [-0.3, -0.25) is 0 Å². The number of halogens is 5. The molecule has 0 aromatic carbocycles. The summed E-state index contributed by atoms with van der Waals surface area (Å²) in [5.41, 5.74) is 0. The van der Waals surface area contributed by atoms with E-state index in [1.54, 1.807) is 6.92 Å². The van der Waals surface area contributed by atoms with Crippen LogP contribution in [0.25, 0.3) is 0 Å². The average molecular weight is 296 g/mol. The molecule has 0 saturated carbocycles. The van der Waals surface area contributed by atoms with Gasteiger partial charge in [-0.2, -0.15) is 4.39 Å². The van der Waals surface area contributed by atoms with Gasteiger partial charge in [0.05, 0.1) is 4.48 Å². The van der Waals surface area contributed by atoms with E-state index in [9.17, 15) is 8.78 Å². The first-order valence-corrected chi connectivity index (χ1v) is 4.16. The number of hydrogen-bond acceptors (Lipinski definition) is 0. The lowest BCUT2D eigenvalue weighted by atomic mass is 10.5. The Morgan fingerprint density at radius 2 is 1.70 bits per heavy atom. The fraction of sp³-hybridized carbons (Fsp3) is 0.200. The second kappa shape index (κ2) is 4.46. The van der Waals surface area contributed by atoms with Gasteiger partial charge in [-0.25, -0.2) is 4.39 Å². The van der Waals surface area contributed by atoms with Crippen molar-refractivity contribution in [3.05, 3.63) is 20.1 Å². The lowest BCUT2D eigenvalue weighted by Gasteiger charge is -1.94. The van der Waals surface area contributed by atoms with E-state index in [0.29, 0.717) is 4.48 Å².